The Morgan fingerprint density at radius 1 is 0.759 bits per heavy atom. The number of anilines is 1. The van der Waals surface area contributed by atoms with Gasteiger partial charge in [0.2, 0.25) is 5.75 Å². The normalized spacial score (nSPS) is 15.1. The summed E-state index contributed by atoms with van der Waals surface area (Å²) >= 11 is 0. The van der Waals surface area contributed by atoms with Crippen molar-refractivity contribution in [3.63, 3.8) is 0 Å². The van der Waals surface area contributed by atoms with Gasteiger partial charge in [0, 0.05) is 73.4 Å². The molecule has 4 aromatic rings. The van der Waals surface area contributed by atoms with Crippen LogP contribution in [0.3, 0.4) is 0 Å². The van der Waals surface area contributed by atoms with Crippen molar-refractivity contribution in [2.75, 3.05) is 74.3 Å². The standard InChI is InChI=1S/C48H59N3O7/c1-10-12-33(21-32(2)36-24-45(55-6)48(58-9)46(25-36)56-7)30-50-19-16-38(17-20-50)51(39-27-40(52-3)29-41(28-39)53-4)31-34-15-18-49-43(22-34)37-23-42(35-13-11-14-35)47(57-8)44(26-37)54-5/h10,12,15,18,21-29,35,38H,2,11,13-14,16-17,19-20,30-31H2,1,3-9H3/b12-10-,33-21+. The molecule has 0 atom stereocenters. The Kier molecular flexibility index (Phi) is 14.3. The highest BCUT2D eigenvalue weighted by atomic mass is 16.5. The van der Waals surface area contributed by atoms with Gasteiger partial charge in [0.05, 0.1) is 55.5 Å². The maximum Gasteiger partial charge on any atom is 0.203 e. The molecule has 1 aliphatic heterocycles. The van der Waals surface area contributed by atoms with Crippen LogP contribution >= 0.6 is 0 Å². The third kappa shape index (κ3) is 9.56. The summed E-state index contributed by atoms with van der Waals surface area (Å²) in [6, 6.07) is 18.9. The number of likely N-dealkylation sites (tertiary alicyclic amines) is 1. The maximum absolute atomic E-state index is 5.85. The first kappa shape index (κ1) is 42.0. The van der Waals surface area contributed by atoms with Gasteiger partial charge in [0.15, 0.2) is 23.0 Å². The van der Waals surface area contributed by atoms with Crippen LogP contribution in [0, 0.1) is 0 Å². The number of aromatic nitrogens is 1. The van der Waals surface area contributed by atoms with Crippen LogP contribution in [0.5, 0.6) is 40.2 Å². The molecular formula is C48H59N3O7. The number of benzene rings is 3. The predicted octanol–water partition coefficient (Wildman–Crippen LogP) is 9.76. The summed E-state index contributed by atoms with van der Waals surface area (Å²) < 4.78 is 39.9. The summed E-state index contributed by atoms with van der Waals surface area (Å²) in [5.41, 5.74) is 8.31. The van der Waals surface area contributed by atoms with E-state index in [9.17, 15) is 0 Å². The molecule has 10 heteroatoms. The van der Waals surface area contributed by atoms with Crippen LogP contribution < -0.4 is 38.1 Å². The van der Waals surface area contributed by atoms with Gasteiger partial charge in [-0.1, -0.05) is 31.2 Å². The molecular weight excluding hydrogens is 731 g/mol. The van der Waals surface area contributed by atoms with Crippen molar-refractivity contribution in [2.24, 2.45) is 0 Å². The highest BCUT2D eigenvalue weighted by Gasteiger charge is 2.28. The third-order valence-electron chi connectivity index (χ3n) is 11.4. The zero-order valence-corrected chi connectivity index (χ0v) is 35.4. The van der Waals surface area contributed by atoms with Gasteiger partial charge in [-0.2, -0.15) is 0 Å². The molecule has 10 nitrogen and oxygen atoms in total. The number of methoxy groups -OCH3 is 7. The van der Waals surface area contributed by atoms with Crippen molar-refractivity contribution in [1.82, 2.24) is 9.88 Å². The minimum atomic E-state index is 0.277. The van der Waals surface area contributed by atoms with Crippen molar-refractivity contribution in [2.45, 2.75) is 57.5 Å². The Morgan fingerprint density at radius 2 is 1.40 bits per heavy atom. The van der Waals surface area contributed by atoms with Gasteiger partial charge >= 0.3 is 0 Å². The van der Waals surface area contributed by atoms with E-state index >= 15 is 0 Å². The maximum atomic E-state index is 5.85. The molecule has 0 N–H and O–H groups in total. The van der Waals surface area contributed by atoms with E-state index in [1.807, 2.05) is 37.4 Å². The highest BCUT2D eigenvalue weighted by Crippen LogP contribution is 2.47. The molecule has 0 bridgehead atoms. The smallest absolute Gasteiger partial charge is 0.203 e. The molecule has 58 heavy (non-hydrogen) atoms. The van der Waals surface area contributed by atoms with Gasteiger partial charge in [-0.3, -0.25) is 9.88 Å². The van der Waals surface area contributed by atoms with Gasteiger partial charge in [-0.05, 0) is 97.2 Å². The van der Waals surface area contributed by atoms with Crippen molar-refractivity contribution >= 4 is 11.3 Å². The lowest BCUT2D eigenvalue weighted by molar-refractivity contribution is 0.224. The first-order chi connectivity index (χ1) is 28.2. The first-order valence-corrected chi connectivity index (χ1v) is 20.0. The van der Waals surface area contributed by atoms with Gasteiger partial charge in [-0.15, -0.1) is 0 Å². The largest absolute Gasteiger partial charge is 0.497 e. The Balaban J connectivity index is 1.24. The average Bonchev–Trinajstić information content (AvgIpc) is 3.24. The number of ether oxygens (including phenoxy) is 7. The summed E-state index contributed by atoms with van der Waals surface area (Å²) in [5.74, 6) is 5.31. The van der Waals surface area contributed by atoms with E-state index in [2.05, 4.69) is 64.9 Å². The lowest BCUT2D eigenvalue weighted by atomic mass is 9.79. The number of piperidine rings is 1. The molecule has 0 amide bonds. The Labute approximate surface area is 344 Å². The topological polar surface area (TPSA) is 84.0 Å². The summed E-state index contributed by atoms with van der Waals surface area (Å²) in [4.78, 5) is 9.88. The Morgan fingerprint density at radius 3 is 1.95 bits per heavy atom. The van der Waals surface area contributed by atoms with Crippen LogP contribution in [0.15, 0.2) is 91.2 Å². The van der Waals surface area contributed by atoms with Crippen molar-refractivity contribution in [3.05, 3.63) is 108 Å². The molecule has 1 saturated heterocycles. The number of allylic oxidation sites excluding steroid dienone is 3. The second kappa shape index (κ2) is 19.7. The average molecular weight is 790 g/mol. The second-order valence-electron chi connectivity index (χ2n) is 14.8. The van der Waals surface area contributed by atoms with E-state index < -0.39 is 0 Å². The SMILES string of the molecule is C=C(/C=C(\C=C/C)CN1CCC(N(Cc2ccnc(-c3cc(OC)c(OC)c(C4CCC4)c3)c2)c2cc(OC)cc(OC)c2)CC1)c1cc(OC)c(OC)c(OC)c1. The molecule has 1 aromatic heterocycles. The summed E-state index contributed by atoms with van der Waals surface area (Å²) in [7, 11) is 11.7. The molecule has 0 unspecified atom stereocenters. The molecule has 0 radical (unpaired) electrons. The number of pyridine rings is 1. The number of nitrogens with zero attached hydrogens (tertiary/aromatic N) is 3. The van der Waals surface area contributed by atoms with E-state index in [4.69, 9.17) is 38.1 Å². The lowest BCUT2D eigenvalue weighted by Gasteiger charge is -2.40. The monoisotopic (exact) mass is 789 g/mol. The molecule has 3 aromatic carbocycles. The third-order valence-corrected chi connectivity index (χ3v) is 11.4. The summed E-state index contributed by atoms with van der Waals surface area (Å²) in [6.07, 6.45) is 13.8. The molecule has 2 fully saturated rings. The Hall–Kier alpha value is -5.61. The van der Waals surface area contributed by atoms with Crippen LogP contribution in [0.25, 0.3) is 16.8 Å². The first-order valence-electron chi connectivity index (χ1n) is 20.0. The number of hydrogen-bond donors (Lipinski definition) is 0. The van der Waals surface area contributed by atoms with Crippen molar-refractivity contribution in [1.29, 1.82) is 0 Å². The zero-order chi connectivity index (χ0) is 41.2. The fourth-order valence-electron chi connectivity index (χ4n) is 8.06. The van der Waals surface area contributed by atoms with E-state index in [0.717, 1.165) is 102 Å². The van der Waals surface area contributed by atoms with E-state index in [1.54, 1.807) is 49.8 Å². The fourth-order valence-corrected chi connectivity index (χ4v) is 8.06. The highest BCUT2D eigenvalue weighted by molar-refractivity contribution is 5.77. The summed E-state index contributed by atoms with van der Waals surface area (Å²) in [5, 5.41) is 0. The van der Waals surface area contributed by atoms with E-state index in [-0.39, 0.29) is 6.04 Å². The molecule has 2 aliphatic rings. The lowest BCUT2D eigenvalue weighted by Crippen LogP contribution is -2.45. The summed E-state index contributed by atoms with van der Waals surface area (Å²) in [6.45, 7) is 9.83. The molecule has 6 rings (SSSR count). The van der Waals surface area contributed by atoms with Crippen LogP contribution in [-0.4, -0.2) is 85.3 Å². The van der Waals surface area contributed by atoms with Gasteiger partial charge in [0.25, 0.3) is 0 Å². The molecule has 1 aliphatic carbocycles. The minimum absolute atomic E-state index is 0.277. The quantitative estimate of drug-likeness (QED) is 0.0909. The van der Waals surface area contributed by atoms with Crippen LogP contribution in [-0.2, 0) is 6.54 Å². The number of hydrogen-bond acceptors (Lipinski definition) is 10. The minimum Gasteiger partial charge on any atom is -0.497 e. The number of rotatable bonds is 18. The fraction of sp³-hybridized carbons (Fsp3) is 0.396. The Bertz CT molecular complexity index is 2050. The molecule has 0 spiro atoms. The van der Waals surface area contributed by atoms with Crippen LogP contribution in [0.2, 0.25) is 0 Å². The van der Waals surface area contributed by atoms with Crippen molar-refractivity contribution in [3.8, 4) is 51.5 Å². The zero-order valence-electron chi connectivity index (χ0n) is 35.4. The van der Waals surface area contributed by atoms with E-state index in [1.165, 1.54) is 17.6 Å². The van der Waals surface area contributed by atoms with E-state index in [0.29, 0.717) is 29.7 Å². The van der Waals surface area contributed by atoms with Crippen molar-refractivity contribution < 1.29 is 33.2 Å². The second-order valence-corrected chi connectivity index (χ2v) is 14.8. The molecule has 2 heterocycles. The van der Waals surface area contributed by atoms with Gasteiger partial charge in [-0.25, -0.2) is 0 Å². The van der Waals surface area contributed by atoms with Gasteiger partial charge < -0.3 is 38.1 Å². The predicted molar refractivity (Wildman–Crippen MR) is 233 cm³/mol. The van der Waals surface area contributed by atoms with Crippen LogP contribution in [0.1, 0.15) is 61.6 Å². The van der Waals surface area contributed by atoms with Crippen LogP contribution in [0.4, 0.5) is 5.69 Å². The van der Waals surface area contributed by atoms with Gasteiger partial charge in [0.1, 0.15) is 11.5 Å². The molecule has 1 saturated carbocycles. The molecule has 308 valence electrons.